The molecule has 3 aromatic rings. The maximum atomic E-state index is 13.1. The van der Waals surface area contributed by atoms with Gasteiger partial charge in [-0.25, -0.2) is 13.2 Å². The van der Waals surface area contributed by atoms with Crippen LogP contribution in [0.3, 0.4) is 0 Å². The molecular formula is C21H20N2O6S2. The Morgan fingerprint density at radius 2 is 1.74 bits per heavy atom. The van der Waals surface area contributed by atoms with Crippen LogP contribution in [0.1, 0.15) is 20.7 Å². The van der Waals surface area contributed by atoms with E-state index in [1.807, 2.05) is 0 Å². The summed E-state index contributed by atoms with van der Waals surface area (Å²) in [7, 11) is 0.288. The number of methoxy groups -OCH3 is 2. The van der Waals surface area contributed by atoms with Crippen LogP contribution >= 0.6 is 11.3 Å². The number of carbonyl (C=O) groups is 2. The van der Waals surface area contributed by atoms with Crippen molar-refractivity contribution in [3.63, 3.8) is 0 Å². The molecule has 0 spiro atoms. The van der Waals surface area contributed by atoms with Crippen molar-refractivity contribution in [1.29, 1.82) is 0 Å². The molecule has 0 fully saturated rings. The van der Waals surface area contributed by atoms with Crippen LogP contribution in [0.2, 0.25) is 0 Å². The average Bonchev–Trinajstić information content (AvgIpc) is 3.26. The van der Waals surface area contributed by atoms with Gasteiger partial charge >= 0.3 is 5.97 Å². The fourth-order valence-electron chi connectivity index (χ4n) is 2.74. The van der Waals surface area contributed by atoms with E-state index in [0.717, 1.165) is 15.6 Å². The van der Waals surface area contributed by atoms with E-state index in [1.54, 1.807) is 29.6 Å². The highest BCUT2D eigenvalue weighted by Gasteiger charge is 2.23. The monoisotopic (exact) mass is 460 g/mol. The summed E-state index contributed by atoms with van der Waals surface area (Å²) in [5.41, 5.74) is 0.800. The lowest BCUT2D eigenvalue weighted by molar-refractivity contribution is 0.0602. The standard InChI is InChI=1S/C21H20N2O6S2/c1-23(15-7-9-16(28-2)10-8-15)31(26,27)17-6-4-5-14(13-17)19(24)22-20-18(11-12-30-20)21(25)29-3/h4-13H,1-3H3,(H,22,24). The van der Waals surface area contributed by atoms with Crippen molar-refractivity contribution in [3.8, 4) is 5.75 Å². The Balaban J connectivity index is 1.85. The summed E-state index contributed by atoms with van der Waals surface area (Å²) in [5, 5.41) is 4.60. The number of hydrogen-bond acceptors (Lipinski definition) is 7. The lowest BCUT2D eigenvalue weighted by Crippen LogP contribution is -2.26. The smallest absolute Gasteiger partial charge is 0.340 e. The molecule has 2 aromatic carbocycles. The summed E-state index contributed by atoms with van der Waals surface area (Å²) < 4.78 is 37.0. The van der Waals surface area contributed by atoms with Gasteiger partial charge in [-0.05, 0) is 53.9 Å². The fraction of sp³-hybridized carbons (Fsp3) is 0.143. The van der Waals surface area contributed by atoms with Gasteiger partial charge in [0.25, 0.3) is 15.9 Å². The topological polar surface area (TPSA) is 102 Å². The molecule has 1 aromatic heterocycles. The van der Waals surface area contributed by atoms with Crippen molar-refractivity contribution in [1.82, 2.24) is 0 Å². The van der Waals surface area contributed by atoms with Gasteiger partial charge in [0, 0.05) is 12.6 Å². The van der Waals surface area contributed by atoms with Gasteiger partial charge in [-0.15, -0.1) is 11.3 Å². The third-order valence-corrected chi connectivity index (χ3v) is 7.10. The Labute approximate surface area is 184 Å². The van der Waals surface area contributed by atoms with Crippen molar-refractivity contribution in [2.75, 3.05) is 30.9 Å². The van der Waals surface area contributed by atoms with Crippen LogP contribution in [-0.4, -0.2) is 41.6 Å². The van der Waals surface area contributed by atoms with Crippen molar-refractivity contribution in [2.45, 2.75) is 4.90 Å². The number of carbonyl (C=O) groups excluding carboxylic acids is 2. The number of benzene rings is 2. The molecule has 1 heterocycles. The summed E-state index contributed by atoms with van der Waals surface area (Å²) in [6.07, 6.45) is 0. The van der Waals surface area contributed by atoms with Crippen molar-refractivity contribution < 1.29 is 27.5 Å². The van der Waals surface area contributed by atoms with Gasteiger partial charge in [-0.2, -0.15) is 0 Å². The van der Waals surface area contributed by atoms with E-state index in [1.165, 1.54) is 51.6 Å². The Hall–Kier alpha value is -3.37. The normalized spacial score (nSPS) is 10.9. The maximum Gasteiger partial charge on any atom is 0.340 e. The van der Waals surface area contributed by atoms with E-state index in [9.17, 15) is 18.0 Å². The molecule has 0 radical (unpaired) electrons. The first-order valence-electron chi connectivity index (χ1n) is 8.98. The van der Waals surface area contributed by atoms with Crippen LogP contribution in [0.15, 0.2) is 64.9 Å². The molecule has 1 N–H and O–H groups in total. The lowest BCUT2D eigenvalue weighted by Gasteiger charge is -2.20. The van der Waals surface area contributed by atoms with Crippen LogP contribution in [-0.2, 0) is 14.8 Å². The van der Waals surface area contributed by atoms with Crippen LogP contribution in [0.25, 0.3) is 0 Å². The molecule has 0 aliphatic carbocycles. The predicted octanol–water partition coefficient (Wildman–Crippen LogP) is 3.62. The minimum Gasteiger partial charge on any atom is -0.497 e. The molecule has 0 saturated heterocycles. The molecule has 0 saturated carbocycles. The molecule has 0 unspecified atom stereocenters. The molecule has 0 aliphatic rings. The van der Waals surface area contributed by atoms with Gasteiger partial charge in [-0.1, -0.05) is 6.07 Å². The molecule has 0 bridgehead atoms. The highest BCUT2D eigenvalue weighted by Crippen LogP contribution is 2.27. The Kier molecular flexibility index (Phi) is 6.62. The molecule has 162 valence electrons. The molecule has 0 aliphatic heterocycles. The van der Waals surface area contributed by atoms with Gasteiger partial charge in [-0.3, -0.25) is 9.10 Å². The maximum absolute atomic E-state index is 13.1. The molecule has 10 heteroatoms. The second kappa shape index (κ2) is 9.19. The SMILES string of the molecule is COC(=O)c1ccsc1NC(=O)c1cccc(S(=O)(=O)N(C)c2ccc(OC)cc2)c1. The van der Waals surface area contributed by atoms with E-state index in [-0.39, 0.29) is 16.0 Å². The zero-order valence-electron chi connectivity index (χ0n) is 17.0. The van der Waals surface area contributed by atoms with Gasteiger partial charge in [0.1, 0.15) is 10.8 Å². The van der Waals surface area contributed by atoms with Crippen LogP contribution in [0, 0.1) is 0 Å². The van der Waals surface area contributed by atoms with Gasteiger partial charge in [0.2, 0.25) is 0 Å². The number of anilines is 2. The van der Waals surface area contributed by atoms with E-state index in [0.29, 0.717) is 16.4 Å². The van der Waals surface area contributed by atoms with E-state index in [4.69, 9.17) is 9.47 Å². The van der Waals surface area contributed by atoms with Crippen LogP contribution in [0.4, 0.5) is 10.7 Å². The van der Waals surface area contributed by atoms with Crippen molar-refractivity contribution in [2.24, 2.45) is 0 Å². The Morgan fingerprint density at radius 3 is 2.39 bits per heavy atom. The van der Waals surface area contributed by atoms with Crippen molar-refractivity contribution in [3.05, 3.63) is 71.1 Å². The van der Waals surface area contributed by atoms with Gasteiger partial charge < -0.3 is 14.8 Å². The number of thiophene rings is 1. The number of hydrogen-bond donors (Lipinski definition) is 1. The number of rotatable bonds is 7. The van der Waals surface area contributed by atoms with E-state index in [2.05, 4.69) is 5.32 Å². The largest absolute Gasteiger partial charge is 0.497 e. The number of ether oxygens (including phenoxy) is 2. The first-order chi connectivity index (χ1) is 14.8. The highest BCUT2D eigenvalue weighted by atomic mass is 32.2. The molecule has 8 nitrogen and oxygen atoms in total. The minimum absolute atomic E-state index is 0.0437. The van der Waals surface area contributed by atoms with E-state index < -0.39 is 21.9 Å². The summed E-state index contributed by atoms with van der Waals surface area (Å²) in [4.78, 5) is 24.4. The van der Waals surface area contributed by atoms with Gasteiger partial charge in [0.05, 0.1) is 30.4 Å². The van der Waals surface area contributed by atoms with Crippen molar-refractivity contribution >= 4 is 43.9 Å². The molecule has 0 atom stereocenters. The van der Waals surface area contributed by atoms with Crippen LogP contribution in [0.5, 0.6) is 5.75 Å². The van der Waals surface area contributed by atoms with Crippen LogP contribution < -0.4 is 14.4 Å². The zero-order chi connectivity index (χ0) is 22.6. The fourth-order valence-corrected chi connectivity index (χ4v) is 4.75. The van der Waals surface area contributed by atoms with Gasteiger partial charge in [0.15, 0.2) is 0 Å². The minimum atomic E-state index is -3.91. The first kappa shape index (κ1) is 22.3. The quantitative estimate of drug-likeness (QED) is 0.541. The lowest BCUT2D eigenvalue weighted by atomic mass is 10.2. The summed E-state index contributed by atoms with van der Waals surface area (Å²) in [5.74, 6) is -0.515. The summed E-state index contributed by atoms with van der Waals surface area (Å²) in [6, 6.07) is 13.8. The number of amides is 1. The Bertz CT molecular complexity index is 1200. The van der Waals surface area contributed by atoms with E-state index >= 15 is 0 Å². The third kappa shape index (κ3) is 4.70. The highest BCUT2D eigenvalue weighted by molar-refractivity contribution is 7.92. The third-order valence-electron chi connectivity index (χ3n) is 4.49. The number of nitrogens with zero attached hydrogens (tertiary/aromatic N) is 1. The molecule has 31 heavy (non-hydrogen) atoms. The predicted molar refractivity (Wildman–Crippen MR) is 119 cm³/mol. The average molecular weight is 461 g/mol. The first-order valence-corrected chi connectivity index (χ1v) is 11.3. The molecule has 1 amide bonds. The summed E-state index contributed by atoms with van der Waals surface area (Å²) >= 11 is 1.16. The molecule has 3 rings (SSSR count). The number of sulfonamides is 1. The number of nitrogens with one attached hydrogen (secondary N) is 1. The Morgan fingerprint density at radius 1 is 1.03 bits per heavy atom. The number of esters is 1. The second-order valence-corrected chi connectivity index (χ2v) is 9.19. The molecular weight excluding hydrogens is 440 g/mol. The summed E-state index contributed by atoms with van der Waals surface area (Å²) in [6.45, 7) is 0. The zero-order valence-corrected chi connectivity index (χ0v) is 18.6. The second-order valence-electron chi connectivity index (χ2n) is 6.31.